The van der Waals surface area contributed by atoms with Crippen molar-refractivity contribution in [3.05, 3.63) is 130 Å². The van der Waals surface area contributed by atoms with Gasteiger partial charge < -0.3 is 15.4 Å². The fraction of sp³-hybridized carbons (Fsp3) is 0.176. The molecule has 10 heteroatoms. The summed E-state index contributed by atoms with van der Waals surface area (Å²) in [6.45, 7) is 4.02. The Morgan fingerprint density at radius 2 is 1.77 bits per heavy atom. The summed E-state index contributed by atoms with van der Waals surface area (Å²) in [5, 5.41) is 14.0. The van der Waals surface area contributed by atoms with Crippen molar-refractivity contribution in [3.63, 3.8) is 0 Å². The number of rotatable bonds is 8. The normalized spacial score (nSPS) is 12.2. The molecule has 6 aromatic rings. The SMILES string of the molecule is CC(C)c1ccc(-n2c([C@H](Cc3cc(F)cc(F)c3)NC(=O)Cc3c[nH]c4ccc(O)cc34)nc3ccccc3c2=O)cn1. The van der Waals surface area contributed by atoms with E-state index in [1.54, 1.807) is 60.9 Å². The molecule has 0 aliphatic rings. The number of pyridine rings is 1. The van der Waals surface area contributed by atoms with Crippen molar-refractivity contribution in [1.29, 1.82) is 0 Å². The van der Waals surface area contributed by atoms with Crippen molar-refractivity contribution in [2.24, 2.45) is 0 Å². The third-order valence-corrected chi connectivity index (χ3v) is 7.53. The second-order valence-corrected chi connectivity index (χ2v) is 11.0. The van der Waals surface area contributed by atoms with Gasteiger partial charge in [-0.25, -0.2) is 13.8 Å². The maximum atomic E-state index is 14.3. The van der Waals surface area contributed by atoms with E-state index in [9.17, 15) is 23.5 Å². The fourth-order valence-corrected chi connectivity index (χ4v) is 5.41. The van der Waals surface area contributed by atoms with Crippen LogP contribution in [-0.2, 0) is 17.6 Å². The maximum absolute atomic E-state index is 14.3. The van der Waals surface area contributed by atoms with Crippen LogP contribution in [0.25, 0.3) is 27.5 Å². The lowest BCUT2D eigenvalue weighted by Gasteiger charge is -2.23. The summed E-state index contributed by atoms with van der Waals surface area (Å²) >= 11 is 0. The van der Waals surface area contributed by atoms with E-state index in [2.05, 4.69) is 15.3 Å². The van der Waals surface area contributed by atoms with E-state index >= 15 is 0 Å². The van der Waals surface area contributed by atoms with Gasteiger partial charge in [-0.3, -0.25) is 19.1 Å². The van der Waals surface area contributed by atoms with Crippen LogP contribution in [0.15, 0.2) is 90.0 Å². The quantitative estimate of drug-likeness (QED) is 0.200. The van der Waals surface area contributed by atoms with E-state index in [-0.39, 0.29) is 41.5 Å². The zero-order valence-electron chi connectivity index (χ0n) is 24.0. The summed E-state index contributed by atoms with van der Waals surface area (Å²) in [5.41, 5.74) is 2.97. The summed E-state index contributed by atoms with van der Waals surface area (Å²) in [7, 11) is 0. The number of para-hydroxylation sites is 1. The van der Waals surface area contributed by atoms with Gasteiger partial charge in [-0.15, -0.1) is 0 Å². The van der Waals surface area contributed by atoms with Crippen LogP contribution in [0.2, 0.25) is 0 Å². The van der Waals surface area contributed by atoms with Crippen molar-refractivity contribution in [3.8, 4) is 11.4 Å². The van der Waals surface area contributed by atoms with Crippen molar-refractivity contribution < 1.29 is 18.7 Å². The van der Waals surface area contributed by atoms with Gasteiger partial charge in [0.15, 0.2) is 0 Å². The van der Waals surface area contributed by atoms with E-state index in [1.165, 1.54) is 16.7 Å². The van der Waals surface area contributed by atoms with Crippen molar-refractivity contribution >= 4 is 27.7 Å². The maximum Gasteiger partial charge on any atom is 0.266 e. The molecular weight excluding hydrogens is 564 g/mol. The molecule has 0 fully saturated rings. The highest BCUT2D eigenvalue weighted by Gasteiger charge is 2.25. The van der Waals surface area contributed by atoms with Gasteiger partial charge in [-0.1, -0.05) is 26.0 Å². The van der Waals surface area contributed by atoms with E-state index in [4.69, 9.17) is 4.98 Å². The minimum atomic E-state index is -0.968. The van der Waals surface area contributed by atoms with Crippen LogP contribution in [0.1, 0.15) is 48.5 Å². The summed E-state index contributed by atoms with van der Waals surface area (Å²) in [5.74, 6) is -1.54. The Hall–Kier alpha value is -5.38. The predicted octanol–water partition coefficient (Wildman–Crippen LogP) is 6.01. The molecule has 6 rings (SSSR count). The third kappa shape index (κ3) is 5.78. The summed E-state index contributed by atoms with van der Waals surface area (Å²) < 4.78 is 29.9. The molecule has 44 heavy (non-hydrogen) atoms. The highest BCUT2D eigenvalue weighted by Crippen LogP contribution is 2.26. The number of hydrogen-bond donors (Lipinski definition) is 3. The van der Waals surface area contributed by atoms with E-state index in [1.807, 2.05) is 19.9 Å². The molecule has 0 bridgehead atoms. The van der Waals surface area contributed by atoms with Gasteiger partial charge in [-0.2, -0.15) is 0 Å². The van der Waals surface area contributed by atoms with Gasteiger partial charge in [0.2, 0.25) is 5.91 Å². The van der Waals surface area contributed by atoms with Crippen molar-refractivity contribution in [2.45, 2.75) is 38.6 Å². The Balaban J connectivity index is 1.47. The van der Waals surface area contributed by atoms with Gasteiger partial charge in [0, 0.05) is 35.3 Å². The van der Waals surface area contributed by atoms with E-state index in [0.717, 1.165) is 17.3 Å². The molecule has 0 unspecified atom stereocenters. The number of phenols is 1. The molecule has 0 spiro atoms. The van der Waals surface area contributed by atoms with Crippen LogP contribution in [0.3, 0.4) is 0 Å². The highest BCUT2D eigenvalue weighted by molar-refractivity contribution is 5.90. The lowest BCUT2D eigenvalue weighted by molar-refractivity contribution is -0.121. The number of amides is 1. The topological polar surface area (TPSA) is 113 Å². The number of halogens is 2. The Kier molecular flexibility index (Phi) is 7.65. The molecule has 3 N–H and O–H groups in total. The molecule has 0 saturated heterocycles. The first-order valence-corrected chi connectivity index (χ1v) is 14.2. The van der Waals surface area contributed by atoms with Crippen LogP contribution in [0.4, 0.5) is 8.78 Å². The average molecular weight is 594 g/mol. The number of fused-ring (bicyclic) bond motifs is 2. The zero-order chi connectivity index (χ0) is 31.0. The lowest BCUT2D eigenvalue weighted by Crippen LogP contribution is -2.36. The second kappa shape index (κ2) is 11.7. The number of phenolic OH excluding ortho intramolecular Hbond substituents is 1. The van der Waals surface area contributed by atoms with Crippen LogP contribution < -0.4 is 10.9 Å². The minimum Gasteiger partial charge on any atom is -0.508 e. The van der Waals surface area contributed by atoms with Crippen molar-refractivity contribution in [2.75, 3.05) is 0 Å². The number of aromatic nitrogens is 4. The summed E-state index contributed by atoms with van der Waals surface area (Å²) in [6.07, 6.45) is 3.14. The molecule has 3 heterocycles. The molecule has 3 aromatic carbocycles. The smallest absolute Gasteiger partial charge is 0.266 e. The average Bonchev–Trinajstić information content (AvgIpc) is 3.37. The lowest BCUT2D eigenvalue weighted by atomic mass is 10.0. The standard InChI is InChI=1S/C34H29F2N5O3/c1-19(2)28-9-7-24(18-38-28)41-33(40-30-6-4-3-5-26(30)34(41)44)31(13-20-11-22(35)15-23(36)12-20)39-32(43)14-21-17-37-29-10-8-25(42)16-27(21)29/h3-12,15-19,31,37,42H,13-14H2,1-2H3,(H,39,43)/t31-/m0/s1. The van der Waals surface area contributed by atoms with Gasteiger partial charge in [0.1, 0.15) is 23.2 Å². The molecular formula is C34H29F2N5O3. The third-order valence-electron chi connectivity index (χ3n) is 7.53. The number of aromatic hydroxyl groups is 1. The van der Waals surface area contributed by atoms with Gasteiger partial charge in [0.05, 0.1) is 35.2 Å². The van der Waals surface area contributed by atoms with Gasteiger partial charge in [-0.05, 0) is 71.6 Å². The fourth-order valence-electron chi connectivity index (χ4n) is 5.41. The molecule has 0 aliphatic heterocycles. The molecule has 0 radical (unpaired) electrons. The van der Waals surface area contributed by atoms with Crippen LogP contribution in [-0.4, -0.2) is 30.5 Å². The molecule has 0 aliphatic carbocycles. The summed E-state index contributed by atoms with van der Waals surface area (Å²) in [4.78, 5) is 40.0. The minimum absolute atomic E-state index is 0.0582. The number of carbonyl (C=O) groups is 1. The number of benzene rings is 3. The number of carbonyl (C=O) groups excluding carboxylic acids is 1. The highest BCUT2D eigenvalue weighted by atomic mass is 19.1. The number of nitrogens with one attached hydrogen (secondary N) is 2. The Morgan fingerprint density at radius 1 is 1.00 bits per heavy atom. The van der Waals surface area contributed by atoms with Gasteiger partial charge in [0.25, 0.3) is 5.56 Å². The first kappa shape index (κ1) is 28.7. The molecule has 8 nitrogen and oxygen atoms in total. The first-order chi connectivity index (χ1) is 21.2. The predicted molar refractivity (Wildman–Crippen MR) is 164 cm³/mol. The van der Waals surface area contributed by atoms with Crippen LogP contribution in [0.5, 0.6) is 5.75 Å². The second-order valence-electron chi connectivity index (χ2n) is 11.0. The number of H-pyrrole nitrogens is 1. The molecule has 0 saturated carbocycles. The zero-order valence-corrected chi connectivity index (χ0v) is 24.0. The number of hydrogen-bond acceptors (Lipinski definition) is 5. The van der Waals surface area contributed by atoms with Crippen molar-refractivity contribution in [1.82, 2.24) is 24.8 Å². The Labute approximate surface area is 251 Å². The van der Waals surface area contributed by atoms with Crippen LogP contribution >= 0.6 is 0 Å². The molecule has 222 valence electrons. The molecule has 1 atom stereocenters. The monoisotopic (exact) mass is 593 g/mol. The Morgan fingerprint density at radius 3 is 2.50 bits per heavy atom. The molecule has 3 aromatic heterocycles. The number of aromatic amines is 1. The largest absolute Gasteiger partial charge is 0.508 e. The van der Waals surface area contributed by atoms with Crippen LogP contribution in [0, 0.1) is 11.6 Å². The van der Waals surface area contributed by atoms with E-state index < -0.39 is 23.6 Å². The number of nitrogens with zero attached hydrogens (tertiary/aromatic N) is 3. The van der Waals surface area contributed by atoms with Gasteiger partial charge >= 0.3 is 0 Å². The van der Waals surface area contributed by atoms with E-state index in [0.29, 0.717) is 27.5 Å². The molecule has 1 amide bonds. The summed E-state index contributed by atoms with van der Waals surface area (Å²) in [6, 6.07) is 17.5. The first-order valence-electron chi connectivity index (χ1n) is 14.2. The Bertz CT molecular complexity index is 2050.